The molecule has 3 saturated heterocycles. The quantitative estimate of drug-likeness (QED) is 0.120. The fraction of sp³-hybridized carbons (Fsp3) is 0.864. The third kappa shape index (κ3) is 6.25. The van der Waals surface area contributed by atoms with Gasteiger partial charge in [-0.05, 0) is 20.8 Å². The first-order valence-corrected chi connectivity index (χ1v) is 12.2. The molecule has 16 heteroatoms. The number of aliphatic hydroxyl groups is 4. The number of aliphatic hydroxyl groups excluding tert-OH is 4. The Morgan fingerprint density at radius 2 is 1.03 bits per heavy atom. The summed E-state index contributed by atoms with van der Waals surface area (Å²) < 4.78 is 34.3. The van der Waals surface area contributed by atoms with E-state index in [1.54, 1.807) is 13.8 Å². The molecule has 3 heterocycles. The van der Waals surface area contributed by atoms with Crippen LogP contribution >= 0.6 is 0 Å². The first-order valence-electron chi connectivity index (χ1n) is 12.2. The van der Waals surface area contributed by atoms with Crippen molar-refractivity contribution >= 4 is 19.2 Å². The minimum absolute atomic E-state index is 0.360. The summed E-state index contributed by atoms with van der Waals surface area (Å²) in [5, 5.41) is 50.5. The molecule has 15 atom stereocenters. The van der Waals surface area contributed by atoms with E-state index in [1.807, 2.05) is 0 Å². The molecular weight excluding hydrogens is 514 g/mol. The molecule has 3 rings (SSSR count). The summed E-state index contributed by atoms with van der Waals surface area (Å²) in [6.45, 7) is 4.73. The molecule has 0 saturated carbocycles. The second kappa shape index (κ2) is 13.4. The number of carbonyl (C=O) groups excluding carboxylic acids is 3. The summed E-state index contributed by atoms with van der Waals surface area (Å²) in [5.74, 6) is 0. The van der Waals surface area contributed by atoms with Crippen molar-refractivity contribution in [2.45, 2.75) is 113 Å². The average Bonchev–Trinajstić information content (AvgIpc) is 2.88. The summed E-state index contributed by atoms with van der Waals surface area (Å²) in [7, 11) is 1.32. The van der Waals surface area contributed by atoms with Gasteiger partial charge in [0.2, 0.25) is 19.2 Å². The van der Waals surface area contributed by atoms with E-state index in [0.717, 1.165) is 0 Å². The minimum atomic E-state index is -1.66. The predicted molar refractivity (Wildman–Crippen MR) is 123 cm³/mol. The number of rotatable bonds is 11. The van der Waals surface area contributed by atoms with Gasteiger partial charge in [-0.25, -0.2) is 0 Å². The van der Waals surface area contributed by atoms with Crippen LogP contribution in [-0.2, 0) is 42.8 Å². The molecular formula is C22H37N3O13. The monoisotopic (exact) mass is 551 g/mol. The van der Waals surface area contributed by atoms with E-state index in [0.29, 0.717) is 19.2 Å². The third-order valence-electron chi connectivity index (χ3n) is 7.10. The highest BCUT2D eigenvalue weighted by Crippen LogP contribution is 2.32. The van der Waals surface area contributed by atoms with Crippen molar-refractivity contribution in [3.8, 4) is 0 Å². The van der Waals surface area contributed by atoms with E-state index in [4.69, 9.17) is 28.4 Å². The summed E-state index contributed by atoms with van der Waals surface area (Å²) >= 11 is 0. The molecule has 218 valence electrons. The molecule has 0 spiro atoms. The first kappa shape index (κ1) is 30.6. The minimum Gasteiger partial charge on any atom is -0.388 e. The van der Waals surface area contributed by atoms with Crippen molar-refractivity contribution in [3.05, 3.63) is 0 Å². The van der Waals surface area contributed by atoms with Gasteiger partial charge >= 0.3 is 0 Å². The van der Waals surface area contributed by atoms with Crippen LogP contribution in [0.15, 0.2) is 0 Å². The van der Waals surface area contributed by atoms with Gasteiger partial charge in [-0.15, -0.1) is 0 Å². The Bertz CT molecular complexity index is 796. The van der Waals surface area contributed by atoms with Crippen LogP contribution in [0.2, 0.25) is 0 Å². The highest BCUT2D eigenvalue weighted by molar-refractivity contribution is 5.48. The smallest absolute Gasteiger partial charge is 0.207 e. The maximum Gasteiger partial charge on any atom is 0.207 e. The normalized spacial score (nSPS) is 47.5. The Labute approximate surface area is 218 Å². The molecule has 0 aromatic carbocycles. The van der Waals surface area contributed by atoms with E-state index in [1.165, 1.54) is 14.0 Å². The fourth-order valence-corrected chi connectivity index (χ4v) is 5.03. The lowest BCUT2D eigenvalue weighted by molar-refractivity contribution is -0.365. The van der Waals surface area contributed by atoms with Crippen LogP contribution in [-0.4, -0.2) is 139 Å². The summed E-state index contributed by atoms with van der Waals surface area (Å²) in [4.78, 5) is 33.3. The Morgan fingerprint density at radius 1 is 0.579 bits per heavy atom. The zero-order chi connectivity index (χ0) is 28.1. The Balaban J connectivity index is 1.88. The molecule has 0 aromatic heterocycles. The van der Waals surface area contributed by atoms with Crippen LogP contribution in [0.1, 0.15) is 20.8 Å². The van der Waals surface area contributed by atoms with Crippen molar-refractivity contribution < 1.29 is 63.2 Å². The topological polar surface area (TPSA) is 224 Å². The van der Waals surface area contributed by atoms with Gasteiger partial charge in [-0.2, -0.15) is 0 Å². The van der Waals surface area contributed by atoms with E-state index in [9.17, 15) is 34.8 Å². The first-order chi connectivity index (χ1) is 18.1. The van der Waals surface area contributed by atoms with Crippen molar-refractivity contribution in [2.24, 2.45) is 0 Å². The molecule has 38 heavy (non-hydrogen) atoms. The number of hydrogen-bond donors (Lipinski definition) is 7. The standard InChI is InChI=1S/C22H37N3O13/c1-8-11(23-5-26)14(29)16(31)21(35-8)38-19-15(30)12(24-6-27)9(2)36-22(19)37-18-13(25-7-28)10(3)34-20(33-4)17(18)32/h5-22,29-32H,1-4H3,(H,23,26)(H,24,27)(H,25,28)/t8-,9+,10+,11-,12-,13+,14-,15+,16-,17-,18+,19+,20+,21-,22+/m1/s1. The van der Waals surface area contributed by atoms with Crippen LogP contribution in [0, 0.1) is 0 Å². The zero-order valence-corrected chi connectivity index (χ0v) is 21.4. The van der Waals surface area contributed by atoms with Gasteiger partial charge in [0.15, 0.2) is 18.9 Å². The average molecular weight is 552 g/mol. The summed E-state index contributed by atoms with van der Waals surface area (Å²) in [6, 6.07) is -2.78. The molecule has 3 fully saturated rings. The lowest BCUT2D eigenvalue weighted by Gasteiger charge is -2.49. The van der Waals surface area contributed by atoms with Gasteiger partial charge in [-0.3, -0.25) is 14.4 Å². The van der Waals surface area contributed by atoms with E-state index in [-0.39, 0.29) is 0 Å². The molecule has 3 aliphatic rings. The molecule has 3 aliphatic heterocycles. The van der Waals surface area contributed by atoms with Crippen molar-refractivity contribution in [1.82, 2.24) is 16.0 Å². The van der Waals surface area contributed by atoms with Crippen molar-refractivity contribution in [3.63, 3.8) is 0 Å². The Kier molecular flexibility index (Phi) is 10.8. The zero-order valence-electron chi connectivity index (χ0n) is 21.4. The van der Waals surface area contributed by atoms with E-state index < -0.39 is 91.9 Å². The van der Waals surface area contributed by atoms with Crippen LogP contribution in [0.25, 0.3) is 0 Å². The number of hydrogen-bond acceptors (Lipinski definition) is 13. The van der Waals surface area contributed by atoms with Crippen LogP contribution in [0.4, 0.5) is 0 Å². The molecule has 16 nitrogen and oxygen atoms in total. The van der Waals surface area contributed by atoms with Crippen LogP contribution in [0.3, 0.4) is 0 Å². The summed E-state index contributed by atoms with van der Waals surface area (Å²) in [5.41, 5.74) is 0. The van der Waals surface area contributed by atoms with Gasteiger partial charge < -0.3 is 64.8 Å². The maximum absolute atomic E-state index is 11.3. The molecule has 0 aliphatic carbocycles. The number of amides is 3. The molecule has 0 unspecified atom stereocenters. The Morgan fingerprint density at radius 3 is 1.58 bits per heavy atom. The number of carbonyl (C=O) groups is 3. The number of nitrogens with one attached hydrogen (secondary N) is 3. The van der Waals surface area contributed by atoms with Gasteiger partial charge in [-0.1, -0.05) is 0 Å². The van der Waals surface area contributed by atoms with Crippen LogP contribution < -0.4 is 16.0 Å². The second-order valence-electron chi connectivity index (χ2n) is 9.46. The molecule has 0 aromatic rings. The second-order valence-corrected chi connectivity index (χ2v) is 9.46. The third-order valence-corrected chi connectivity index (χ3v) is 7.10. The predicted octanol–water partition coefficient (Wildman–Crippen LogP) is -4.57. The highest BCUT2D eigenvalue weighted by Gasteiger charge is 2.53. The van der Waals surface area contributed by atoms with Crippen molar-refractivity contribution in [2.75, 3.05) is 7.11 Å². The van der Waals surface area contributed by atoms with E-state index >= 15 is 0 Å². The lowest BCUT2D eigenvalue weighted by atomic mass is 9.94. The molecule has 3 amide bonds. The van der Waals surface area contributed by atoms with E-state index in [2.05, 4.69) is 16.0 Å². The SMILES string of the molecule is CO[C@H]1O[C@@H](C)[C@H](NC=O)[C@H](O[C@@H]2O[C@@H](C)[C@@H](NC=O)[C@H](O)[C@@H]2O[C@H]2O[C@H](C)[C@@H](NC=O)[C@@H](O)[C@H]2O)[C@H]1O. The van der Waals surface area contributed by atoms with Crippen molar-refractivity contribution in [1.29, 1.82) is 0 Å². The highest BCUT2D eigenvalue weighted by atomic mass is 16.8. The van der Waals surface area contributed by atoms with Gasteiger partial charge in [0, 0.05) is 7.11 Å². The number of methoxy groups -OCH3 is 1. The maximum atomic E-state index is 11.3. The molecule has 0 bridgehead atoms. The largest absolute Gasteiger partial charge is 0.388 e. The number of ether oxygens (including phenoxy) is 6. The lowest BCUT2D eigenvalue weighted by Crippen LogP contribution is -2.69. The van der Waals surface area contributed by atoms with Crippen LogP contribution in [0.5, 0.6) is 0 Å². The fourth-order valence-electron chi connectivity index (χ4n) is 5.03. The van der Waals surface area contributed by atoms with Gasteiger partial charge in [0.25, 0.3) is 0 Å². The molecule has 0 radical (unpaired) electrons. The summed E-state index contributed by atoms with van der Waals surface area (Å²) in [6.07, 6.45) is -13.9. The molecule has 7 N–H and O–H groups in total. The Hall–Kier alpha value is -1.99. The van der Waals surface area contributed by atoms with Gasteiger partial charge in [0.1, 0.15) is 36.6 Å². The van der Waals surface area contributed by atoms with Gasteiger partial charge in [0.05, 0.1) is 36.4 Å².